The van der Waals surface area contributed by atoms with Gasteiger partial charge in [0.2, 0.25) is 0 Å². The molecule has 0 aromatic heterocycles. The zero-order valence-corrected chi connectivity index (χ0v) is 36.8. The fraction of sp³-hybridized carbons (Fsp3) is 0.558. The van der Waals surface area contributed by atoms with Gasteiger partial charge in [-0.1, -0.05) is 174 Å². The zero-order chi connectivity index (χ0) is 42.3. The Morgan fingerprint density at radius 1 is 0.362 bits per heavy atom. The summed E-state index contributed by atoms with van der Waals surface area (Å²) < 4.78 is 16.5. The van der Waals surface area contributed by atoms with Crippen molar-refractivity contribution in [2.24, 2.45) is 0 Å². The molecule has 0 bridgehead atoms. The van der Waals surface area contributed by atoms with E-state index < -0.39 is 12.1 Å². The lowest BCUT2D eigenvalue weighted by Crippen LogP contribution is -2.30. The first-order valence-corrected chi connectivity index (χ1v) is 22.5. The molecular formula is C52H80O6. The molecule has 0 aliphatic rings. The van der Waals surface area contributed by atoms with Crippen molar-refractivity contribution < 1.29 is 28.6 Å². The van der Waals surface area contributed by atoms with E-state index in [1.165, 1.54) is 19.3 Å². The highest BCUT2D eigenvalue weighted by atomic mass is 16.6. The molecule has 0 aliphatic heterocycles. The van der Waals surface area contributed by atoms with Crippen LogP contribution in [-0.2, 0) is 28.6 Å². The summed E-state index contributed by atoms with van der Waals surface area (Å²) >= 11 is 0. The van der Waals surface area contributed by atoms with Gasteiger partial charge in [-0.25, -0.2) is 0 Å². The number of hydrogen-bond acceptors (Lipinski definition) is 6. The maximum absolute atomic E-state index is 12.7. The van der Waals surface area contributed by atoms with Gasteiger partial charge in [0.15, 0.2) is 6.10 Å². The topological polar surface area (TPSA) is 78.9 Å². The van der Waals surface area contributed by atoms with Gasteiger partial charge in [-0.05, 0) is 96.3 Å². The molecule has 1 atom stereocenters. The van der Waals surface area contributed by atoms with Crippen LogP contribution in [0, 0.1) is 0 Å². The van der Waals surface area contributed by atoms with Gasteiger partial charge in [0.25, 0.3) is 0 Å². The molecule has 0 heterocycles. The van der Waals surface area contributed by atoms with Crippen molar-refractivity contribution in [1.29, 1.82) is 0 Å². The Morgan fingerprint density at radius 3 is 1.16 bits per heavy atom. The number of hydrogen-bond donors (Lipinski definition) is 0. The van der Waals surface area contributed by atoms with Crippen LogP contribution in [0.25, 0.3) is 0 Å². The van der Waals surface area contributed by atoms with E-state index in [9.17, 15) is 14.4 Å². The summed E-state index contributed by atoms with van der Waals surface area (Å²) in [6.45, 7) is 6.18. The minimum atomic E-state index is -0.852. The molecule has 0 rings (SSSR count). The van der Waals surface area contributed by atoms with E-state index in [1.54, 1.807) is 0 Å². The third kappa shape index (κ3) is 42.9. The van der Waals surface area contributed by atoms with Gasteiger partial charge in [0.05, 0.1) is 0 Å². The number of carbonyl (C=O) groups is 3. The number of carbonyl (C=O) groups excluding carboxylic acids is 3. The van der Waals surface area contributed by atoms with Crippen LogP contribution in [0.4, 0.5) is 0 Å². The highest BCUT2D eigenvalue weighted by molar-refractivity contribution is 5.71. The smallest absolute Gasteiger partial charge is 0.306 e. The monoisotopic (exact) mass is 801 g/mol. The first-order chi connectivity index (χ1) is 28.5. The lowest BCUT2D eigenvalue weighted by Gasteiger charge is -2.18. The highest BCUT2D eigenvalue weighted by Gasteiger charge is 2.19. The van der Waals surface area contributed by atoms with Crippen molar-refractivity contribution in [3.8, 4) is 0 Å². The SMILES string of the molecule is CC/C=C\C/C=C\C/C=C\C/C=C\CCC(=O)OCC(COC(=O)CCCCCCC/C=C\C/C=C\CCCC)OC(=O)CC/C=C\C/C=C\C/C=C\C/C=C\CC. The normalized spacial score (nSPS) is 13.2. The van der Waals surface area contributed by atoms with E-state index in [2.05, 4.69) is 118 Å². The van der Waals surface area contributed by atoms with Crippen molar-refractivity contribution in [2.45, 2.75) is 175 Å². The molecule has 0 amide bonds. The first-order valence-electron chi connectivity index (χ1n) is 22.5. The van der Waals surface area contributed by atoms with Crippen molar-refractivity contribution in [1.82, 2.24) is 0 Å². The molecule has 6 nitrogen and oxygen atoms in total. The second-order valence-corrected chi connectivity index (χ2v) is 14.2. The minimum Gasteiger partial charge on any atom is -0.462 e. The van der Waals surface area contributed by atoms with Crippen molar-refractivity contribution in [3.05, 3.63) is 122 Å². The van der Waals surface area contributed by atoms with Crippen LogP contribution in [-0.4, -0.2) is 37.2 Å². The van der Waals surface area contributed by atoms with E-state index in [0.717, 1.165) is 96.3 Å². The van der Waals surface area contributed by atoms with E-state index in [4.69, 9.17) is 14.2 Å². The quantitative estimate of drug-likeness (QED) is 0.0268. The second-order valence-electron chi connectivity index (χ2n) is 14.2. The summed E-state index contributed by atoms with van der Waals surface area (Å²) in [5, 5.41) is 0. The van der Waals surface area contributed by atoms with Crippen LogP contribution in [0.5, 0.6) is 0 Å². The summed E-state index contributed by atoms with van der Waals surface area (Å²) in [4.78, 5) is 37.7. The molecule has 58 heavy (non-hydrogen) atoms. The summed E-state index contributed by atoms with van der Waals surface area (Å²) in [5.41, 5.74) is 0. The number of allylic oxidation sites excluding steroid dienone is 20. The van der Waals surface area contributed by atoms with Crippen LogP contribution >= 0.6 is 0 Å². The van der Waals surface area contributed by atoms with Gasteiger partial charge in [0.1, 0.15) is 13.2 Å². The zero-order valence-electron chi connectivity index (χ0n) is 36.8. The number of rotatable bonds is 38. The maximum atomic E-state index is 12.7. The summed E-state index contributed by atoms with van der Waals surface area (Å²) in [6, 6.07) is 0. The van der Waals surface area contributed by atoms with Crippen LogP contribution in [0.2, 0.25) is 0 Å². The minimum absolute atomic E-state index is 0.140. The Balaban J connectivity index is 4.63. The highest BCUT2D eigenvalue weighted by Crippen LogP contribution is 2.10. The van der Waals surface area contributed by atoms with Gasteiger partial charge in [-0.15, -0.1) is 0 Å². The molecule has 0 saturated heterocycles. The van der Waals surface area contributed by atoms with Gasteiger partial charge in [0, 0.05) is 19.3 Å². The molecule has 324 valence electrons. The lowest BCUT2D eigenvalue weighted by molar-refractivity contribution is -0.166. The summed E-state index contributed by atoms with van der Waals surface area (Å²) in [6.07, 6.45) is 62.1. The average molecular weight is 801 g/mol. The number of unbranched alkanes of at least 4 members (excludes halogenated alkanes) is 7. The average Bonchev–Trinajstić information content (AvgIpc) is 3.22. The molecule has 0 aliphatic carbocycles. The molecule has 1 unspecified atom stereocenters. The van der Waals surface area contributed by atoms with Crippen LogP contribution < -0.4 is 0 Å². The molecule has 6 heteroatoms. The van der Waals surface area contributed by atoms with E-state index in [0.29, 0.717) is 19.3 Å². The fourth-order valence-electron chi connectivity index (χ4n) is 5.37. The molecule has 0 spiro atoms. The Morgan fingerprint density at radius 2 is 0.707 bits per heavy atom. The van der Waals surface area contributed by atoms with Crippen LogP contribution in [0.1, 0.15) is 168 Å². The van der Waals surface area contributed by atoms with Crippen LogP contribution in [0.15, 0.2) is 122 Å². The third-order valence-corrected chi connectivity index (χ3v) is 8.71. The molecule has 0 saturated carbocycles. The molecule has 0 aromatic carbocycles. The van der Waals surface area contributed by atoms with Crippen molar-refractivity contribution in [3.63, 3.8) is 0 Å². The van der Waals surface area contributed by atoms with E-state index in [-0.39, 0.29) is 38.0 Å². The van der Waals surface area contributed by atoms with E-state index >= 15 is 0 Å². The maximum Gasteiger partial charge on any atom is 0.306 e. The van der Waals surface area contributed by atoms with Gasteiger partial charge in [-0.3, -0.25) is 14.4 Å². The second kappa shape index (κ2) is 45.5. The Kier molecular flexibility index (Phi) is 42.2. The molecule has 0 fully saturated rings. The van der Waals surface area contributed by atoms with Crippen LogP contribution in [0.3, 0.4) is 0 Å². The standard InChI is InChI=1S/C52H80O6/c1-4-7-10-13-16-19-22-25-28-30-33-36-39-42-45-51(54)57-48-49(58-52(55)46-43-40-37-34-31-27-24-21-18-15-12-9-6-3)47-56-50(53)44-41-38-35-32-29-26-23-20-17-14-11-8-5-2/h8-9,11-13,16-18,20-22,25-27,29,31,35,37-38,40,49H,4-7,10,14-15,19,23-24,28,30,32-34,36,39,41-48H2,1-3H3/b11-8-,12-9-,16-13-,20-17-,21-18-,25-22-,29-26-,31-27-,38-35-,40-37-. The summed E-state index contributed by atoms with van der Waals surface area (Å²) in [5.74, 6) is -1.14. The Bertz CT molecular complexity index is 1290. The largest absolute Gasteiger partial charge is 0.462 e. The van der Waals surface area contributed by atoms with Gasteiger partial charge in [-0.2, -0.15) is 0 Å². The molecular weight excluding hydrogens is 721 g/mol. The Hall–Kier alpha value is -4.19. The molecule has 0 radical (unpaired) electrons. The number of ether oxygens (including phenoxy) is 3. The molecule has 0 N–H and O–H groups in total. The van der Waals surface area contributed by atoms with Gasteiger partial charge < -0.3 is 14.2 Å². The summed E-state index contributed by atoms with van der Waals surface area (Å²) in [7, 11) is 0. The van der Waals surface area contributed by atoms with Crippen molar-refractivity contribution in [2.75, 3.05) is 13.2 Å². The third-order valence-electron chi connectivity index (χ3n) is 8.71. The fourth-order valence-corrected chi connectivity index (χ4v) is 5.37. The van der Waals surface area contributed by atoms with Gasteiger partial charge >= 0.3 is 17.9 Å². The Labute approximate surface area is 354 Å². The predicted molar refractivity (Wildman–Crippen MR) is 246 cm³/mol. The predicted octanol–water partition coefficient (Wildman–Crippen LogP) is 14.6. The lowest BCUT2D eigenvalue weighted by atomic mass is 10.1. The molecule has 0 aromatic rings. The van der Waals surface area contributed by atoms with E-state index in [1.807, 2.05) is 24.3 Å². The van der Waals surface area contributed by atoms with Crippen molar-refractivity contribution >= 4 is 17.9 Å². The number of esters is 3. The first kappa shape index (κ1) is 53.8.